The lowest BCUT2D eigenvalue weighted by molar-refractivity contribution is 0.0993. The molecule has 3 heteroatoms. The van der Waals surface area contributed by atoms with Gasteiger partial charge in [-0.2, -0.15) is 0 Å². The van der Waals surface area contributed by atoms with E-state index >= 15 is 0 Å². The summed E-state index contributed by atoms with van der Waals surface area (Å²) < 4.78 is 0. The average Bonchev–Trinajstić information content (AvgIpc) is 2.10. The first-order valence-corrected chi connectivity index (χ1v) is 4.20. The van der Waals surface area contributed by atoms with Crippen molar-refractivity contribution in [2.24, 2.45) is 0 Å². The van der Waals surface area contributed by atoms with Crippen molar-refractivity contribution in [3.05, 3.63) is 41.0 Å². The number of hydrogen-bond acceptors (Lipinski definition) is 3. The first-order valence-electron chi connectivity index (χ1n) is 4.20. The van der Waals surface area contributed by atoms with Crippen molar-refractivity contribution in [1.82, 2.24) is 0 Å². The Hall–Kier alpha value is -1.90. The van der Waals surface area contributed by atoms with E-state index in [1.807, 2.05) is 0 Å². The minimum Gasteiger partial charge on any atom is -0.508 e. The van der Waals surface area contributed by atoms with Gasteiger partial charge in [-0.05, 0) is 36.8 Å². The van der Waals surface area contributed by atoms with Gasteiger partial charge in [0.1, 0.15) is 5.75 Å². The van der Waals surface area contributed by atoms with Gasteiger partial charge in [0.25, 0.3) is 0 Å². The molecule has 0 saturated carbocycles. The van der Waals surface area contributed by atoms with Gasteiger partial charge in [-0.3, -0.25) is 9.59 Å². The zero-order chi connectivity index (χ0) is 10.3. The number of ketones is 2. The van der Waals surface area contributed by atoms with Gasteiger partial charge in [0.2, 0.25) is 0 Å². The predicted molar refractivity (Wildman–Crippen MR) is 50.6 cm³/mol. The number of aromatic hydroxyl groups is 1. The summed E-state index contributed by atoms with van der Waals surface area (Å²) in [5, 5.41) is 9.29. The van der Waals surface area contributed by atoms with Gasteiger partial charge in [-0.25, -0.2) is 0 Å². The monoisotopic (exact) mass is 188 g/mol. The largest absolute Gasteiger partial charge is 0.508 e. The second kappa shape index (κ2) is 2.80. The Kier molecular flexibility index (Phi) is 1.74. The van der Waals surface area contributed by atoms with Gasteiger partial charge >= 0.3 is 0 Å². The van der Waals surface area contributed by atoms with Crippen molar-refractivity contribution < 1.29 is 14.7 Å². The highest BCUT2D eigenvalue weighted by Crippen LogP contribution is 2.25. The third kappa shape index (κ3) is 1.14. The normalized spacial score (nSPS) is 14.4. The Morgan fingerprint density at radius 1 is 1.07 bits per heavy atom. The molecule has 0 atom stereocenters. The van der Waals surface area contributed by atoms with Gasteiger partial charge in [-0.1, -0.05) is 0 Å². The summed E-state index contributed by atoms with van der Waals surface area (Å²) in [5.74, 6) is -0.409. The van der Waals surface area contributed by atoms with Crippen LogP contribution in [0.1, 0.15) is 26.3 Å². The van der Waals surface area contributed by atoms with Gasteiger partial charge in [0.05, 0.1) is 0 Å². The number of carbonyl (C=O) groups is 2. The smallest absolute Gasteiger partial charge is 0.186 e. The number of fused-ring (bicyclic) bond motifs is 1. The lowest BCUT2D eigenvalue weighted by Crippen LogP contribution is -2.12. The summed E-state index contributed by atoms with van der Waals surface area (Å²) in [6, 6.07) is 2.80. The molecule has 0 fully saturated rings. The second-order valence-corrected chi connectivity index (χ2v) is 3.25. The van der Waals surface area contributed by atoms with Crippen LogP contribution >= 0.6 is 0 Å². The molecule has 0 bridgehead atoms. The zero-order valence-electron chi connectivity index (χ0n) is 7.57. The predicted octanol–water partition coefficient (Wildman–Crippen LogP) is 1.64. The molecule has 3 nitrogen and oxygen atoms in total. The fourth-order valence-electron chi connectivity index (χ4n) is 1.61. The minimum atomic E-state index is -0.237. The number of rotatable bonds is 0. The summed E-state index contributed by atoms with van der Waals surface area (Å²) >= 11 is 0. The van der Waals surface area contributed by atoms with Crippen LogP contribution in [0.3, 0.4) is 0 Å². The summed E-state index contributed by atoms with van der Waals surface area (Å²) in [7, 11) is 0. The molecule has 1 aliphatic rings. The standard InChI is InChI=1S/C11H8O3/c1-6-4-7(12)5-8-9(13)2-3-10(14)11(6)8/h2-5,12H,1H3. The van der Waals surface area contributed by atoms with E-state index in [1.54, 1.807) is 6.92 Å². The van der Waals surface area contributed by atoms with Crippen molar-refractivity contribution in [3.63, 3.8) is 0 Å². The number of phenols is 1. The SMILES string of the molecule is Cc1cc(O)cc2c1C(=O)C=CC2=O. The van der Waals surface area contributed by atoms with Crippen LogP contribution in [0.2, 0.25) is 0 Å². The van der Waals surface area contributed by atoms with Crippen molar-refractivity contribution >= 4 is 11.6 Å². The second-order valence-electron chi connectivity index (χ2n) is 3.25. The topological polar surface area (TPSA) is 54.4 Å². The average molecular weight is 188 g/mol. The first-order chi connectivity index (χ1) is 6.59. The fraction of sp³-hybridized carbons (Fsp3) is 0.0909. The molecular weight excluding hydrogens is 180 g/mol. The lowest BCUT2D eigenvalue weighted by atomic mass is 9.91. The quantitative estimate of drug-likeness (QED) is 0.673. The molecule has 0 radical (unpaired) electrons. The Morgan fingerprint density at radius 2 is 1.71 bits per heavy atom. The van der Waals surface area contributed by atoms with Crippen LogP contribution in [0.25, 0.3) is 0 Å². The Balaban J connectivity index is 2.78. The van der Waals surface area contributed by atoms with Crippen LogP contribution in [-0.4, -0.2) is 16.7 Å². The fourth-order valence-corrected chi connectivity index (χ4v) is 1.61. The lowest BCUT2D eigenvalue weighted by Gasteiger charge is -2.11. The highest BCUT2D eigenvalue weighted by Gasteiger charge is 2.21. The molecule has 0 saturated heterocycles. The number of carbonyl (C=O) groups excluding carboxylic acids is 2. The Labute approximate surface area is 80.7 Å². The van der Waals surface area contributed by atoms with E-state index in [9.17, 15) is 14.7 Å². The molecule has 1 aliphatic carbocycles. The molecule has 1 aromatic rings. The molecular formula is C11H8O3. The molecule has 0 heterocycles. The highest BCUT2D eigenvalue weighted by atomic mass is 16.3. The van der Waals surface area contributed by atoms with E-state index in [1.165, 1.54) is 24.3 Å². The zero-order valence-corrected chi connectivity index (χ0v) is 7.57. The molecule has 1 N–H and O–H groups in total. The highest BCUT2D eigenvalue weighted by molar-refractivity contribution is 6.22. The number of benzene rings is 1. The summed E-state index contributed by atoms with van der Waals surface area (Å²) in [6.45, 7) is 1.70. The van der Waals surface area contributed by atoms with Gasteiger partial charge in [-0.15, -0.1) is 0 Å². The molecule has 0 aromatic heterocycles. The van der Waals surface area contributed by atoms with Crippen LogP contribution in [0.4, 0.5) is 0 Å². The van der Waals surface area contributed by atoms with Crippen LogP contribution in [-0.2, 0) is 0 Å². The van der Waals surface area contributed by atoms with Gasteiger partial charge < -0.3 is 5.11 Å². The molecule has 0 spiro atoms. The van der Waals surface area contributed by atoms with Crippen LogP contribution in [0.5, 0.6) is 5.75 Å². The number of allylic oxidation sites excluding steroid dienone is 2. The summed E-state index contributed by atoms with van der Waals surface area (Å²) in [4.78, 5) is 22.8. The molecule has 14 heavy (non-hydrogen) atoms. The Bertz CT molecular complexity index is 470. The molecule has 1 aromatic carbocycles. The van der Waals surface area contributed by atoms with Crippen molar-refractivity contribution in [3.8, 4) is 5.75 Å². The van der Waals surface area contributed by atoms with E-state index in [-0.39, 0.29) is 22.9 Å². The van der Waals surface area contributed by atoms with Gasteiger partial charge in [0, 0.05) is 11.1 Å². The van der Waals surface area contributed by atoms with Gasteiger partial charge in [0.15, 0.2) is 11.6 Å². The van der Waals surface area contributed by atoms with Crippen LogP contribution < -0.4 is 0 Å². The van der Waals surface area contributed by atoms with E-state index in [4.69, 9.17) is 0 Å². The molecule has 0 aliphatic heterocycles. The summed E-state index contributed by atoms with van der Waals surface area (Å²) in [5.41, 5.74) is 1.31. The van der Waals surface area contributed by atoms with E-state index in [0.717, 1.165) is 0 Å². The maximum absolute atomic E-state index is 11.4. The first kappa shape index (κ1) is 8.69. The van der Waals surface area contributed by atoms with Crippen molar-refractivity contribution in [1.29, 1.82) is 0 Å². The maximum atomic E-state index is 11.4. The minimum absolute atomic E-state index is 0.0118. The van der Waals surface area contributed by atoms with E-state index < -0.39 is 0 Å². The number of hydrogen-bond donors (Lipinski definition) is 1. The van der Waals surface area contributed by atoms with Crippen LogP contribution in [0, 0.1) is 6.92 Å². The number of aryl methyl sites for hydroxylation is 1. The molecule has 0 amide bonds. The third-order valence-electron chi connectivity index (χ3n) is 2.22. The summed E-state index contributed by atoms with van der Waals surface area (Å²) in [6.07, 6.45) is 2.48. The van der Waals surface area contributed by atoms with Crippen LogP contribution in [0.15, 0.2) is 24.3 Å². The third-order valence-corrected chi connectivity index (χ3v) is 2.22. The number of phenolic OH excluding ortho intramolecular Hbond substituents is 1. The van der Waals surface area contributed by atoms with E-state index in [2.05, 4.69) is 0 Å². The molecule has 70 valence electrons. The van der Waals surface area contributed by atoms with Crippen molar-refractivity contribution in [2.75, 3.05) is 0 Å². The maximum Gasteiger partial charge on any atom is 0.186 e. The van der Waals surface area contributed by atoms with Crippen molar-refractivity contribution in [2.45, 2.75) is 6.92 Å². The Morgan fingerprint density at radius 3 is 2.43 bits per heavy atom. The molecule has 0 unspecified atom stereocenters. The molecule has 2 rings (SSSR count). The van der Waals surface area contributed by atoms with E-state index in [0.29, 0.717) is 11.1 Å².